The lowest BCUT2D eigenvalue weighted by atomic mass is 10.0. The van der Waals surface area contributed by atoms with E-state index < -0.39 is 20.0 Å². The van der Waals surface area contributed by atoms with Gasteiger partial charge in [0.1, 0.15) is 0 Å². The average Bonchev–Trinajstić information content (AvgIpc) is 2.63. The third-order valence-electron chi connectivity index (χ3n) is 5.10. The van der Waals surface area contributed by atoms with Crippen molar-refractivity contribution in [2.75, 3.05) is 32.6 Å². The summed E-state index contributed by atoms with van der Waals surface area (Å²) in [5, 5.41) is 0. The molecule has 0 N–H and O–H groups in total. The Morgan fingerprint density at radius 2 is 1.46 bits per heavy atom. The Balaban J connectivity index is 1.72. The molecular formula is C17H26N2O5S2. The van der Waals surface area contributed by atoms with Crippen LogP contribution in [0.1, 0.15) is 25.7 Å². The van der Waals surface area contributed by atoms with Gasteiger partial charge in [0.2, 0.25) is 20.0 Å². The number of sulfonamides is 2. The van der Waals surface area contributed by atoms with E-state index in [0.717, 1.165) is 0 Å². The largest absolute Gasteiger partial charge is 0.381 e. The van der Waals surface area contributed by atoms with Crippen LogP contribution in [-0.2, 0) is 24.8 Å². The van der Waals surface area contributed by atoms with Gasteiger partial charge < -0.3 is 4.74 Å². The van der Waals surface area contributed by atoms with E-state index in [9.17, 15) is 16.8 Å². The lowest BCUT2D eigenvalue weighted by Crippen LogP contribution is -2.53. The van der Waals surface area contributed by atoms with Crippen molar-refractivity contribution in [3.8, 4) is 0 Å². The zero-order valence-electron chi connectivity index (χ0n) is 15.0. The van der Waals surface area contributed by atoms with E-state index >= 15 is 0 Å². The first-order valence-corrected chi connectivity index (χ1v) is 12.2. The molecule has 1 aromatic carbocycles. The molecular weight excluding hydrogens is 376 g/mol. The molecule has 2 fully saturated rings. The second kappa shape index (κ2) is 7.93. The number of rotatable bonds is 5. The SMILES string of the molecule is CS(=O)(=O)N(C1CCOCC1)C1CCN(S(=O)(=O)c2ccccc2)CC1. The highest BCUT2D eigenvalue weighted by Crippen LogP contribution is 2.28. The zero-order valence-corrected chi connectivity index (χ0v) is 16.6. The molecule has 0 saturated carbocycles. The van der Waals surface area contributed by atoms with Crippen molar-refractivity contribution in [1.82, 2.24) is 8.61 Å². The van der Waals surface area contributed by atoms with Crippen LogP contribution >= 0.6 is 0 Å². The molecule has 0 spiro atoms. The summed E-state index contributed by atoms with van der Waals surface area (Å²) in [6.45, 7) is 1.80. The number of hydrogen-bond acceptors (Lipinski definition) is 5. The highest BCUT2D eigenvalue weighted by atomic mass is 32.2. The van der Waals surface area contributed by atoms with Crippen molar-refractivity contribution in [2.24, 2.45) is 0 Å². The molecule has 7 nitrogen and oxygen atoms in total. The Morgan fingerprint density at radius 1 is 0.923 bits per heavy atom. The van der Waals surface area contributed by atoms with Crippen LogP contribution < -0.4 is 0 Å². The molecule has 0 amide bonds. The van der Waals surface area contributed by atoms with E-state index in [4.69, 9.17) is 4.74 Å². The predicted molar refractivity (Wildman–Crippen MR) is 98.7 cm³/mol. The highest BCUT2D eigenvalue weighted by molar-refractivity contribution is 7.89. The Kier molecular flexibility index (Phi) is 6.03. The van der Waals surface area contributed by atoms with E-state index in [1.165, 1.54) is 10.6 Å². The maximum absolute atomic E-state index is 12.7. The van der Waals surface area contributed by atoms with Crippen molar-refractivity contribution in [2.45, 2.75) is 42.7 Å². The number of nitrogens with zero attached hydrogens (tertiary/aromatic N) is 2. The molecule has 0 radical (unpaired) electrons. The smallest absolute Gasteiger partial charge is 0.243 e. The topological polar surface area (TPSA) is 84.0 Å². The Hall–Kier alpha value is -1.00. The normalized spacial score (nSPS) is 21.9. The fourth-order valence-corrected chi connectivity index (χ4v) is 6.85. The first-order valence-electron chi connectivity index (χ1n) is 8.91. The molecule has 146 valence electrons. The monoisotopic (exact) mass is 402 g/mol. The number of benzene rings is 1. The zero-order chi connectivity index (χ0) is 18.8. The summed E-state index contributed by atoms with van der Waals surface area (Å²) < 4.78 is 58.7. The second-order valence-corrected chi connectivity index (χ2v) is 10.7. The van der Waals surface area contributed by atoms with Gasteiger partial charge in [0.25, 0.3) is 0 Å². The Labute approximate surface area is 156 Å². The van der Waals surface area contributed by atoms with Gasteiger partial charge in [-0.1, -0.05) is 18.2 Å². The molecule has 0 unspecified atom stereocenters. The molecule has 0 aliphatic carbocycles. The van der Waals surface area contributed by atoms with Crippen molar-refractivity contribution in [3.63, 3.8) is 0 Å². The van der Waals surface area contributed by atoms with E-state index in [0.29, 0.717) is 52.0 Å². The van der Waals surface area contributed by atoms with Crippen LogP contribution in [0.4, 0.5) is 0 Å². The van der Waals surface area contributed by atoms with Crippen LogP contribution in [-0.4, -0.2) is 70.1 Å². The van der Waals surface area contributed by atoms with Crippen LogP contribution in [0.25, 0.3) is 0 Å². The molecule has 0 bridgehead atoms. The minimum atomic E-state index is -3.53. The number of piperidine rings is 1. The fourth-order valence-electron chi connectivity index (χ4n) is 3.86. The molecule has 1 aromatic rings. The number of ether oxygens (including phenoxy) is 1. The molecule has 2 heterocycles. The average molecular weight is 403 g/mol. The van der Waals surface area contributed by atoms with Gasteiger partial charge in [-0.3, -0.25) is 0 Å². The molecule has 2 aliphatic heterocycles. The van der Waals surface area contributed by atoms with E-state index in [-0.39, 0.29) is 17.0 Å². The van der Waals surface area contributed by atoms with Crippen molar-refractivity contribution < 1.29 is 21.6 Å². The Bertz CT molecular complexity index is 797. The molecule has 0 aromatic heterocycles. The summed E-state index contributed by atoms with van der Waals surface area (Å²) in [6.07, 6.45) is 3.65. The minimum absolute atomic E-state index is 0.0546. The molecule has 3 rings (SSSR count). The maximum atomic E-state index is 12.7. The van der Waals surface area contributed by atoms with Crippen LogP contribution in [0.2, 0.25) is 0 Å². The van der Waals surface area contributed by atoms with Gasteiger partial charge in [-0.2, -0.15) is 8.61 Å². The number of hydrogen-bond donors (Lipinski definition) is 0. The summed E-state index contributed by atoms with van der Waals surface area (Å²) in [4.78, 5) is 0.280. The summed E-state index contributed by atoms with van der Waals surface area (Å²) in [5.41, 5.74) is 0. The summed E-state index contributed by atoms with van der Waals surface area (Å²) in [5.74, 6) is 0. The first kappa shape index (κ1) is 19.8. The third-order valence-corrected chi connectivity index (χ3v) is 8.37. The predicted octanol–water partition coefficient (Wildman–Crippen LogP) is 1.28. The molecule has 2 aliphatic rings. The van der Waals surface area contributed by atoms with E-state index in [2.05, 4.69) is 0 Å². The lowest BCUT2D eigenvalue weighted by Gasteiger charge is -2.41. The van der Waals surface area contributed by atoms with Gasteiger partial charge in [0.05, 0.1) is 11.2 Å². The fraction of sp³-hybridized carbons (Fsp3) is 0.647. The van der Waals surface area contributed by atoms with Crippen molar-refractivity contribution in [3.05, 3.63) is 30.3 Å². The maximum Gasteiger partial charge on any atom is 0.243 e. The van der Waals surface area contributed by atoms with Crippen LogP contribution in [0.3, 0.4) is 0 Å². The summed E-state index contributed by atoms with van der Waals surface area (Å²) in [6, 6.07) is 8.16. The first-order chi connectivity index (χ1) is 12.3. The molecule has 9 heteroatoms. The van der Waals surface area contributed by atoms with Crippen molar-refractivity contribution >= 4 is 20.0 Å². The van der Waals surface area contributed by atoms with Gasteiger partial charge in [0, 0.05) is 38.4 Å². The van der Waals surface area contributed by atoms with E-state index in [1.807, 2.05) is 0 Å². The molecule has 0 atom stereocenters. The third kappa shape index (κ3) is 4.28. The highest BCUT2D eigenvalue weighted by Gasteiger charge is 2.38. The van der Waals surface area contributed by atoms with Gasteiger partial charge in [-0.05, 0) is 37.8 Å². The van der Waals surface area contributed by atoms with Crippen molar-refractivity contribution in [1.29, 1.82) is 0 Å². The summed E-state index contributed by atoms with van der Waals surface area (Å²) >= 11 is 0. The second-order valence-electron chi connectivity index (χ2n) is 6.88. The lowest BCUT2D eigenvalue weighted by molar-refractivity contribution is 0.0435. The molecule has 2 saturated heterocycles. The standard InChI is InChI=1S/C17H26N2O5S2/c1-25(20,21)19(16-9-13-24-14-10-16)15-7-11-18(12-8-15)26(22,23)17-5-3-2-4-6-17/h2-6,15-16H,7-14H2,1H3. The van der Waals surface area contributed by atoms with Gasteiger partial charge in [-0.15, -0.1) is 0 Å². The van der Waals surface area contributed by atoms with Gasteiger partial charge >= 0.3 is 0 Å². The van der Waals surface area contributed by atoms with Gasteiger partial charge in [-0.25, -0.2) is 16.8 Å². The molecule has 26 heavy (non-hydrogen) atoms. The Morgan fingerprint density at radius 3 is 2.00 bits per heavy atom. The van der Waals surface area contributed by atoms with Gasteiger partial charge in [0.15, 0.2) is 0 Å². The van der Waals surface area contributed by atoms with Crippen LogP contribution in [0.15, 0.2) is 35.2 Å². The minimum Gasteiger partial charge on any atom is -0.381 e. The van der Waals surface area contributed by atoms with E-state index in [1.54, 1.807) is 34.6 Å². The summed E-state index contributed by atoms with van der Waals surface area (Å²) in [7, 11) is -6.89. The van der Waals surface area contributed by atoms with Crippen LogP contribution in [0.5, 0.6) is 0 Å². The van der Waals surface area contributed by atoms with Crippen LogP contribution in [0, 0.1) is 0 Å². The quantitative estimate of drug-likeness (QED) is 0.741.